The van der Waals surface area contributed by atoms with E-state index in [4.69, 9.17) is 0 Å². The van der Waals surface area contributed by atoms with E-state index in [9.17, 15) is 4.79 Å². The molecule has 2 fully saturated rings. The first kappa shape index (κ1) is 14.2. The lowest BCUT2D eigenvalue weighted by Gasteiger charge is -2.30. The summed E-state index contributed by atoms with van der Waals surface area (Å²) in [5.74, 6) is 0.831. The van der Waals surface area contributed by atoms with E-state index in [1.807, 2.05) is 18.2 Å². The number of nitrogens with one attached hydrogen (secondary N) is 1. The van der Waals surface area contributed by atoms with Crippen molar-refractivity contribution < 1.29 is 4.79 Å². The smallest absolute Gasteiger partial charge is 0.251 e. The van der Waals surface area contributed by atoms with Gasteiger partial charge >= 0.3 is 0 Å². The van der Waals surface area contributed by atoms with Gasteiger partial charge in [-0.1, -0.05) is 6.92 Å². The quantitative estimate of drug-likeness (QED) is 0.947. The Bertz CT molecular complexity index is 699. The van der Waals surface area contributed by atoms with Gasteiger partial charge in [-0.15, -0.1) is 0 Å². The number of aromatic nitrogens is 1. The third-order valence-electron chi connectivity index (χ3n) is 4.94. The number of nitrogens with zero attached hydrogens (tertiary/aromatic N) is 2. The number of aryl methyl sites for hydroxylation is 1. The minimum atomic E-state index is 0.0580. The van der Waals surface area contributed by atoms with Gasteiger partial charge in [0.1, 0.15) is 0 Å². The van der Waals surface area contributed by atoms with Crippen LogP contribution >= 0.6 is 11.5 Å². The molecule has 1 aromatic heterocycles. The van der Waals surface area contributed by atoms with Crippen LogP contribution in [0.1, 0.15) is 35.8 Å². The molecule has 3 heterocycles. The largest absolute Gasteiger partial charge is 0.348 e. The van der Waals surface area contributed by atoms with E-state index in [1.165, 1.54) is 31.0 Å². The van der Waals surface area contributed by atoms with Crippen LogP contribution in [-0.4, -0.2) is 40.9 Å². The van der Waals surface area contributed by atoms with Crippen molar-refractivity contribution >= 4 is 27.5 Å². The summed E-state index contributed by atoms with van der Waals surface area (Å²) in [5.41, 5.74) is 1.85. The molecule has 22 heavy (non-hydrogen) atoms. The second-order valence-corrected chi connectivity index (χ2v) is 7.32. The summed E-state index contributed by atoms with van der Waals surface area (Å²) in [4.78, 5) is 15.0. The van der Waals surface area contributed by atoms with E-state index >= 15 is 0 Å². The minimum absolute atomic E-state index is 0.0580. The molecule has 1 amide bonds. The topological polar surface area (TPSA) is 45.2 Å². The van der Waals surface area contributed by atoms with Crippen molar-refractivity contribution in [3.05, 3.63) is 29.5 Å². The van der Waals surface area contributed by atoms with Crippen LogP contribution in [0.5, 0.6) is 0 Å². The zero-order chi connectivity index (χ0) is 15.1. The highest BCUT2D eigenvalue weighted by molar-refractivity contribution is 7.13. The van der Waals surface area contributed by atoms with E-state index in [1.54, 1.807) is 0 Å². The highest BCUT2D eigenvalue weighted by Crippen LogP contribution is 2.27. The zero-order valence-electron chi connectivity index (χ0n) is 12.8. The predicted octanol–water partition coefficient (Wildman–Crippen LogP) is 2.68. The Hall–Kier alpha value is -1.46. The third-order valence-corrected chi connectivity index (χ3v) is 5.81. The van der Waals surface area contributed by atoms with Crippen molar-refractivity contribution in [2.75, 3.05) is 19.6 Å². The molecular weight excluding hydrogens is 294 g/mol. The Morgan fingerprint density at radius 2 is 2.36 bits per heavy atom. The van der Waals surface area contributed by atoms with Crippen LogP contribution in [0.3, 0.4) is 0 Å². The lowest BCUT2D eigenvalue weighted by molar-refractivity contribution is 0.0909. The fourth-order valence-corrected chi connectivity index (χ4v) is 4.66. The number of hydrogen-bond acceptors (Lipinski definition) is 4. The van der Waals surface area contributed by atoms with Gasteiger partial charge in [-0.2, -0.15) is 4.37 Å². The average Bonchev–Trinajstić information content (AvgIpc) is 3.09. The fourth-order valence-electron chi connectivity index (χ4n) is 3.82. The number of fused-ring (bicyclic) bond motifs is 3. The Morgan fingerprint density at radius 3 is 3.18 bits per heavy atom. The molecule has 0 radical (unpaired) electrons. The van der Waals surface area contributed by atoms with Gasteiger partial charge in [-0.05, 0) is 61.5 Å². The summed E-state index contributed by atoms with van der Waals surface area (Å²) in [6.45, 7) is 5.53. The number of rotatable bonds is 3. The molecule has 2 aliphatic heterocycles. The SMILES string of the molecule is CCc1nsc2ccc(C(=O)NC3CC4CCN(C4)C3)cc12. The van der Waals surface area contributed by atoms with Crippen molar-refractivity contribution in [1.82, 2.24) is 14.6 Å². The van der Waals surface area contributed by atoms with Gasteiger partial charge in [0.25, 0.3) is 5.91 Å². The molecule has 2 aromatic rings. The van der Waals surface area contributed by atoms with Gasteiger partial charge in [0.15, 0.2) is 0 Å². The van der Waals surface area contributed by atoms with E-state index in [2.05, 4.69) is 21.5 Å². The molecule has 0 aliphatic carbocycles. The second-order valence-electron chi connectivity index (χ2n) is 6.51. The summed E-state index contributed by atoms with van der Waals surface area (Å²) < 4.78 is 5.62. The van der Waals surface area contributed by atoms with Crippen LogP contribution in [0, 0.1) is 5.92 Å². The molecule has 2 bridgehead atoms. The number of carbonyl (C=O) groups excluding carboxylic acids is 1. The molecule has 1 N–H and O–H groups in total. The van der Waals surface area contributed by atoms with Crippen LogP contribution in [0.15, 0.2) is 18.2 Å². The normalized spacial score (nSPS) is 27.2. The summed E-state index contributed by atoms with van der Waals surface area (Å²) >= 11 is 1.52. The molecule has 0 spiro atoms. The first-order chi connectivity index (χ1) is 10.7. The summed E-state index contributed by atoms with van der Waals surface area (Å²) in [6, 6.07) is 6.25. The molecule has 5 heteroatoms. The van der Waals surface area contributed by atoms with Crippen LogP contribution < -0.4 is 5.32 Å². The molecule has 0 saturated carbocycles. The molecule has 4 rings (SSSR count). The highest BCUT2D eigenvalue weighted by atomic mass is 32.1. The Balaban J connectivity index is 1.52. The lowest BCUT2D eigenvalue weighted by atomic mass is 9.96. The van der Waals surface area contributed by atoms with Crippen molar-refractivity contribution in [2.24, 2.45) is 5.92 Å². The molecule has 2 saturated heterocycles. The summed E-state index contributed by atoms with van der Waals surface area (Å²) in [5, 5.41) is 4.36. The van der Waals surface area contributed by atoms with Crippen LogP contribution in [0.25, 0.3) is 10.1 Å². The van der Waals surface area contributed by atoms with E-state index < -0.39 is 0 Å². The van der Waals surface area contributed by atoms with E-state index in [-0.39, 0.29) is 5.91 Å². The minimum Gasteiger partial charge on any atom is -0.348 e. The zero-order valence-corrected chi connectivity index (χ0v) is 13.7. The van der Waals surface area contributed by atoms with Gasteiger partial charge in [0.2, 0.25) is 0 Å². The van der Waals surface area contributed by atoms with Gasteiger partial charge < -0.3 is 10.2 Å². The van der Waals surface area contributed by atoms with Crippen molar-refractivity contribution in [1.29, 1.82) is 0 Å². The number of piperidine rings is 1. The van der Waals surface area contributed by atoms with Crippen LogP contribution in [-0.2, 0) is 6.42 Å². The van der Waals surface area contributed by atoms with Gasteiger partial charge in [-0.25, -0.2) is 0 Å². The molecule has 116 valence electrons. The Morgan fingerprint density at radius 1 is 1.45 bits per heavy atom. The van der Waals surface area contributed by atoms with E-state index in [0.717, 1.165) is 46.6 Å². The lowest BCUT2D eigenvalue weighted by Crippen LogP contribution is -2.47. The maximum atomic E-state index is 12.6. The van der Waals surface area contributed by atoms with Crippen LogP contribution in [0.4, 0.5) is 0 Å². The monoisotopic (exact) mass is 315 g/mol. The maximum absolute atomic E-state index is 12.6. The number of carbonyl (C=O) groups is 1. The fraction of sp³-hybridized carbons (Fsp3) is 0.529. The summed E-state index contributed by atoms with van der Waals surface area (Å²) in [7, 11) is 0. The highest BCUT2D eigenvalue weighted by Gasteiger charge is 2.32. The van der Waals surface area contributed by atoms with E-state index in [0.29, 0.717) is 6.04 Å². The number of hydrogen-bond donors (Lipinski definition) is 1. The maximum Gasteiger partial charge on any atom is 0.251 e. The van der Waals surface area contributed by atoms with Crippen molar-refractivity contribution in [3.63, 3.8) is 0 Å². The second kappa shape index (κ2) is 5.63. The summed E-state index contributed by atoms with van der Waals surface area (Å²) in [6.07, 6.45) is 3.33. The number of amides is 1. The molecule has 1 aromatic carbocycles. The first-order valence-electron chi connectivity index (χ1n) is 8.14. The molecule has 3 unspecified atom stereocenters. The third kappa shape index (κ3) is 2.52. The average molecular weight is 315 g/mol. The molecular formula is C17H21N3OS. The van der Waals surface area contributed by atoms with Crippen molar-refractivity contribution in [3.8, 4) is 0 Å². The van der Waals surface area contributed by atoms with Gasteiger partial charge in [-0.3, -0.25) is 4.79 Å². The van der Waals surface area contributed by atoms with Gasteiger partial charge in [0, 0.05) is 30.1 Å². The first-order valence-corrected chi connectivity index (χ1v) is 8.92. The van der Waals surface area contributed by atoms with Gasteiger partial charge in [0.05, 0.1) is 10.4 Å². The Kier molecular flexibility index (Phi) is 3.62. The van der Waals surface area contributed by atoms with Crippen LogP contribution in [0.2, 0.25) is 0 Å². The molecule has 2 aliphatic rings. The molecule has 3 atom stereocenters. The van der Waals surface area contributed by atoms with Crippen molar-refractivity contribution in [2.45, 2.75) is 32.2 Å². The number of benzene rings is 1. The molecule has 4 nitrogen and oxygen atoms in total. The standard InChI is InChI=1S/C17H21N3OS/c1-2-15-14-8-12(3-4-16(14)22-19-15)17(21)18-13-7-11-5-6-20(9-11)10-13/h3-4,8,11,13H,2,5-7,9-10H2,1H3,(H,18,21). The predicted molar refractivity (Wildman–Crippen MR) is 89.4 cm³/mol. The Labute approximate surface area is 134 Å².